The van der Waals surface area contributed by atoms with E-state index in [9.17, 15) is 18.8 Å². The van der Waals surface area contributed by atoms with E-state index in [1.807, 2.05) is 0 Å². The number of hydrogen-bond donors (Lipinski definition) is 2. The summed E-state index contributed by atoms with van der Waals surface area (Å²) in [4.78, 5) is 33.8. The maximum atomic E-state index is 12.7. The van der Waals surface area contributed by atoms with Gasteiger partial charge in [0, 0.05) is 5.57 Å². The smallest absolute Gasteiger partial charge is 0.332 e. The van der Waals surface area contributed by atoms with Crippen molar-refractivity contribution in [1.29, 1.82) is 0 Å². The number of aliphatic carboxylic acids is 1. The predicted octanol–water partition coefficient (Wildman–Crippen LogP) is -0.683. The molecular weight excluding hydrogens is 207 g/mol. The molecule has 80 valence electrons. The first-order valence-corrected chi connectivity index (χ1v) is 3.82. The highest BCUT2D eigenvalue weighted by Crippen LogP contribution is 1.94. The van der Waals surface area contributed by atoms with Gasteiger partial charge in [-0.1, -0.05) is 6.58 Å². The van der Waals surface area contributed by atoms with Gasteiger partial charge in [-0.05, 0) is 0 Å². The van der Waals surface area contributed by atoms with Gasteiger partial charge in [0.2, 0.25) is 5.82 Å². The van der Waals surface area contributed by atoms with Crippen LogP contribution in [0.4, 0.5) is 4.39 Å². The number of aromatic nitrogens is 2. The van der Waals surface area contributed by atoms with Crippen molar-refractivity contribution in [2.24, 2.45) is 0 Å². The largest absolute Gasteiger partial charge is 0.478 e. The summed E-state index contributed by atoms with van der Waals surface area (Å²) in [6.45, 7) is 2.78. The van der Waals surface area contributed by atoms with Crippen LogP contribution in [0.25, 0.3) is 0 Å². The molecule has 0 saturated carbocycles. The van der Waals surface area contributed by atoms with Crippen LogP contribution in [0.3, 0.4) is 0 Å². The van der Waals surface area contributed by atoms with Gasteiger partial charge in [0.15, 0.2) is 0 Å². The lowest BCUT2D eigenvalue weighted by Gasteiger charge is -2.03. The molecule has 0 spiro atoms. The maximum absolute atomic E-state index is 12.7. The molecule has 0 saturated heterocycles. The molecule has 1 heterocycles. The van der Waals surface area contributed by atoms with Crippen molar-refractivity contribution in [3.05, 3.63) is 45.0 Å². The average molecular weight is 214 g/mol. The molecule has 1 aromatic heterocycles. The summed E-state index contributed by atoms with van der Waals surface area (Å²) in [6.07, 6.45) is 0.634. The Kier molecular flexibility index (Phi) is 2.84. The zero-order chi connectivity index (χ0) is 11.6. The fraction of sp³-hybridized carbons (Fsp3) is 0.125. The number of carboxylic acids is 1. The molecule has 0 aliphatic rings. The SMILES string of the molecule is C=C(Cn1cc(F)c(=O)[nH]c1=O)C(=O)O. The molecule has 0 aliphatic heterocycles. The van der Waals surface area contributed by atoms with E-state index in [0.717, 1.165) is 0 Å². The van der Waals surface area contributed by atoms with Gasteiger partial charge in [0.25, 0.3) is 5.56 Å². The van der Waals surface area contributed by atoms with E-state index in [1.165, 1.54) is 0 Å². The zero-order valence-electron chi connectivity index (χ0n) is 7.49. The van der Waals surface area contributed by atoms with Crippen molar-refractivity contribution in [1.82, 2.24) is 9.55 Å². The molecule has 2 N–H and O–H groups in total. The highest BCUT2D eigenvalue weighted by atomic mass is 19.1. The molecule has 0 unspecified atom stereocenters. The van der Waals surface area contributed by atoms with Crippen LogP contribution in [0, 0.1) is 5.82 Å². The molecule has 0 aliphatic carbocycles. The van der Waals surface area contributed by atoms with Gasteiger partial charge in [-0.15, -0.1) is 0 Å². The van der Waals surface area contributed by atoms with Gasteiger partial charge in [-0.2, -0.15) is 4.39 Å². The molecule has 1 rings (SSSR count). The molecule has 0 radical (unpaired) electrons. The summed E-state index contributed by atoms with van der Waals surface area (Å²) in [5, 5.41) is 8.48. The van der Waals surface area contributed by atoms with E-state index in [-0.39, 0.29) is 12.1 Å². The Morgan fingerprint density at radius 1 is 1.60 bits per heavy atom. The number of nitrogens with one attached hydrogen (secondary N) is 1. The standard InChI is InChI=1S/C8H7FN2O4/c1-4(7(13)14)2-11-3-5(9)6(12)10-8(11)15/h3H,1-2H2,(H,13,14)(H,10,12,15). The Hall–Kier alpha value is -2.18. The minimum absolute atomic E-state index is 0.288. The highest BCUT2D eigenvalue weighted by molar-refractivity contribution is 5.85. The van der Waals surface area contributed by atoms with Gasteiger partial charge in [-0.25, -0.2) is 9.59 Å². The monoisotopic (exact) mass is 214 g/mol. The average Bonchev–Trinajstić information content (AvgIpc) is 2.13. The van der Waals surface area contributed by atoms with Crippen molar-refractivity contribution in [2.75, 3.05) is 0 Å². The van der Waals surface area contributed by atoms with Gasteiger partial charge < -0.3 is 5.11 Å². The molecule has 1 aromatic rings. The van der Waals surface area contributed by atoms with Crippen LogP contribution in [-0.2, 0) is 11.3 Å². The summed E-state index contributed by atoms with van der Waals surface area (Å²) >= 11 is 0. The molecule has 0 amide bonds. The Balaban J connectivity index is 3.12. The lowest BCUT2D eigenvalue weighted by atomic mass is 10.3. The second-order valence-electron chi connectivity index (χ2n) is 2.77. The van der Waals surface area contributed by atoms with Gasteiger partial charge in [-0.3, -0.25) is 14.3 Å². The third kappa shape index (κ3) is 2.39. The van der Waals surface area contributed by atoms with E-state index in [4.69, 9.17) is 5.11 Å². The molecule has 0 atom stereocenters. The quantitative estimate of drug-likeness (QED) is 0.652. The number of hydrogen-bond acceptors (Lipinski definition) is 3. The molecule has 6 nitrogen and oxygen atoms in total. The Labute approximate surface area is 82.3 Å². The predicted molar refractivity (Wildman–Crippen MR) is 48.1 cm³/mol. The lowest BCUT2D eigenvalue weighted by molar-refractivity contribution is -0.132. The van der Waals surface area contributed by atoms with Crippen LogP contribution in [0.2, 0.25) is 0 Å². The van der Waals surface area contributed by atoms with Crippen molar-refractivity contribution < 1.29 is 14.3 Å². The van der Waals surface area contributed by atoms with Gasteiger partial charge in [0.05, 0.1) is 12.7 Å². The van der Waals surface area contributed by atoms with Crippen LogP contribution < -0.4 is 11.2 Å². The minimum atomic E-state index is -1.30. The molecule has 0 fully saturated rings. The van der Waals surface area contributed by atoms with Crippen molar-refractivity contribution in [3.63, 3.8) is 0 Å². The zero-order valence-corrected chi connectivity index (χ0v) is 7.49. The topological polar surface area (TPSA) is 92.2 Å². The van der Waals surface area contributed by atoms with Gasteiger partial charge in [0.1, 0.15) is 0 Å². The fourth-order valence-electron chi connectivity index (χ4n) is 0.873. The molecule has 15 heavy (non-hydrogen) atoms. The van der Waals surface area contributed by atoms with Crippen molar-refractivity contribution in [3.8, 4) is 0 Å². The van der Waals surface area contributed by atoms with E-state index in [0.29, 0.717) is 10.8 Å². The highest BCUT2D eigenvalue weighted by Gasteiger charge is 2.08. The second kappa shape index (κ2) is 3.91. The Bertz CT molecular complexity index is 528. The number of aromatic amines is 1. The summed E-state index contributed by atoms with van der Waals surface area (Å²) in [7, 11) is 0. The number of halogens is 1. The third-order valence-corrected chi connectivity index (χ3v) is 1.63. The third-order valence-electron chi connectivity index (χ3n) is 1.63. The van der Waals surface area contributed by atoms with E-state index in [1.54, 1.807) is 4.98 Å². The molecule has 7 heteroatoms. The van der Waals surface area contributed by atoms with Crippen LogP contribution in [0.1, 0.15) is 0 Å². The summed E-state index contributed by atoms with van der Waals surface area (Å²) < 4.78 is 13.4. The van der Waals surface area contributed by atoms with Crippen molar-refractivity contribution in [2.45, 2.75) is 6.54 Å². The normalized spacial score (nSPS) is 9.93. The fourth-order valence-corrected chi connectivity index (χ4v) is 0.873. The summed E-state index contributed by atoms with van der Waals surface area (Å²) in [5.41, 5.74) is -2.32. The first-order chi connectivity index (χ1) is 6.91. The molecular formula is C8H7FN2O4. The van der Waals surface area contributed by atoms with Crippen LogP contribution >= 0.6 is 0 Å². The minimum Gasteiger partial charge on any atom is -0.478 e. The van der Waals surface area contributed by atoms with Crippen LogP contribution in [0.15, 0.2) is 27.9 Å². The number of nitrogens with zero attached hydrogens (tertiary/aromatic N) is 1. The van der Waals surface area contributed by atoms with Gasteiger partial charge >= 0.3 is 11.7 Å². The lowest BCUT2D eigenvalue weighted by Crippen LogP contribution is -2.32. The number of H-pyrrole nitrogens is 1. The van der Waals surface area contributed by atoms with Crippen LogP contribution in [0.5, 0.6) is 0 Å². The number of rotatable bonds is 3. The number of carboxylic acid groups (broad SMARTS) is 1. The number of carbonyl (C=O) groups is 1. The van der Waals surface area contributed by atoms with Crippen molar-refractivity contribution >= 4 is 5.97 Å². The van der Waals surface area contributed by atoms with E-state index >= 15 is 0 Å². The van der Waals surface area contributed by atoms with E-state index in [2.05, 4.69) is 6.58 Å². The first-order valence-electron chi connectivity index (χ1n) is 3.82. The van der Waals surface area contributed by atoms with Crippen LogP contribution in [-0.4, -0.2) is 20.6 Å². The Morgan fingerprint density at radius 2 is 2.20 bits per heavy atom. The summed E-state index contributed by atoms with van der Waals surface area (Å²) in [6, 6.07) is 0. The first kappa shape index (κ1) is 10.9. The molecule has 0 bridgehead atoms. The summed E-state index contributed by atoms with van der Waals surface area (Å²) in [5.74, 6) is -2.46. The molecule has 0 aromatic carbocycles. The maximum Gasteiger partial charge on any atom is 0.332 e. The second-order valence-corrected chi connectivity index (χ2v) is 2.77. The van der Waals surface area contributed by atoms with E-state index < -0.39 is 23.0 Å². The Morgan fingerprint density at radius 3 is 2.73 bits per heavy atom.